The number of nitrogens with zero attached hydrogens (tertiary/aromatic N) is 6. The van der Waals surface area contributed by atoms with Gasteiger partial charge in [-0.05, 0) is 119 Å². The van der Waals surface area contributed by atoms with E-state index < -0.39 is 5.95 Å². The summed E-state index contributed by atoms with van der Waals surface area (Å²) in [5.74, 6) is 0.280. The fraction of sp³-hybridized carbons (Fsp3) is 0.574. The second-order valence-corrected chi connectivity index (χ2v) is 20.8. The lowest BCUT2D eigenvalue weighted by atomic mass is 9.25. The van der Waals surface area contributed by atoms with Crippen LogP contribution < -0.4 is 16.8 Å². The van der Waals surface area contributed by atoms with Crippen LogP contribution in [0.25, 0.3) is 10.2 Å². The summed E-state index contributed by atoms with van der Waals surface area (Å²) in [7, 11) is 0. The number of likely N-dealkylation sites (tertiary alicyclic amines) is 1. The Bertz CT molecular complexity index is 2300. The van der Waals surface area contributed by atoms with E-state index >= 15 is 0 Å². The highest BCUT2D eigenvalue weighted by Crippen LogP contribution is 2.95. The molecule has 9 rings (SSSR count). The van der Waals surface area contributed by atoms with Crippen molar-refractivity contribution in [2.45, 2.75) is 98.1 Å². The van der Waals surface area contributed by atoms with Crippen LogP contribution in [0.1, 0.15) is 86.5 Å². The molecular weight excluding hydrogens is 785 g/mol. The van der Waals surface area contributed by atoms with Gasteiger partial charge in [0.25, 0.3) is 5.95 Å². The summed E-state index contributed by atoms with van der Waals surface area (Å²) < 4.78 is 8.05. The zero-order chi connectivity index (χ0) is 43.1. The predicted molar refractivity (Wildman–Crippen MR) is 245 cm³/mol. The number of piperidine rings is 1. The van der Waals surface area contributed by atoms with Crippen molar-refractivity contribution < 1.29 is 14.9 Å². The number of hydrogen-bond acceptors (Lipinski definition) is 12. The molecule has 1 spiro atoms. The highest BCUT2D eigenvalue weighted by Gasteiger charge is 2.93. The first-order valence-corrected chi connectivity index (χ1v) is 23.0. The van der Waals surface area contributed by atoms with Gasteiger partial charge in [0.1, 0.15) is 23.2 Å². The third-order valence-electron chi connectivity index (χ3n) is 15.9. The summed E-state index contributed by atoms with van der Waals surface area (Å²) in [5.41, 5.74) is 18.1. The molecule has 2 aromatic rings. The number of allylic oxidation sites excluding steroid dienone is 3. The number of hydrogen-bond donors (Lipinski definition) is 6. The summed E-state index contributed by atoms with van der Waals surface area (Å²) >= 11 is 1.47. The van der Waals surface area contributed by atoms with E-state index in [2.05, 4.69) is 52.8 Å². The van der Waals surface area contributed by atoms with Crippen LogP contribution in [-0.2, 0) is 4.74 Å². The lowest BCUT2D eigenvalue weighted by molar-refractivity contribution is -0.397. The van der Waals surface area contributed by atoms with E-state index in [4.69, 9.17) is 21.2 Å². The number of nitrogens with two attached hydrogens (primary N) is 2. The fourth-order valence-electron chi connectivity index (χ4n) is 13.7. The Labute approximate surface area is 364 Å². The molecule has 2 unspecified atom stereocenters. The number of benzene rings is 1. The second-order valence-electron chi connectivity index (χ2n) is 19.8. The van der Waals surface area contributed by atoms with Gasteiger partial charge in [0.2, 0.25) is 5.13 Å². The molecule has 2 bridgehead atoms. The zero-order valence-corrected chi connectivity index (χ0v) is 37.6. The Kier molecular flexibility index (Phi) is 10.4. The van der Waals surface area contributed by atoms with E-state index in [1.807, 2.05) is 55.2 Å². The van der Waals surface area contributed by atoms with Crippen molar-refractivity contribution in [2.24, 2.45) is 43.1 Å². The van der Waals surface area contributed by atoms with Gasteiger partial charge in [-0.3, -0.25) is 20.2 Å². The largest absolute Gasteiger partial charge is 0.480 e. The Hall–Kier alpha value is -4.50. The third kappa shape index (κ3) is 6.57. The molecule has 0 amide bonds. The average Bonchev–Trinajstić information content (AvgIpc) is 3.83. The van der Waals surface area contributed by atoms with Crippen LogP contribution in [0.2, 0.25) is 0 Å². The molecule has 13 nitrogen and oxygen atoms in total. The average molecular weight is 849 g/mol. The van der Waals surface area contributed by atoms with Crippen molar-refractivity contribution >= 4 is 44.1 Å². The van der Waals surface area contributed by atoms with Crippen molar-refractivity contribution in [3.8, 4) is 0 Å². The maximum atomic E-state index is 10.7. The first-order chi connectivity index (χ1) is 29.1. The maximum Gasteiger partial charge on any atom is 0.299 e. The molecule has 7 aliphatic rings. The molecule has 326 valence electrons. The molecule has 0 radical (unpaired) electrons. The second kappa shape index (κ2) is 15.1. The molecule has 8 N–H and O–H groups in total. The molecule has 14 heteroatoms. The van der Waals surface area contributed by atoms with Crippen molar-refractivity contribution in [2.75, 3.05) is 52.4 Å². The normalized spacial score (nSPS) is 34.0. The van der Waals surface area contributed by atoms with E-state index in [0.717, 1.165) is 105 Å². The number of amidine groups is 2. The number of fused-ring (bicyclic) bond motifs is 2. The highest BCUT2D eigenvalue weighted by atomic mass is 32.1. The number of aromatic nitrogens is 1. The van der Waals surface area contributed by atoms with Gasteiger partial charge >= 0.3 is 0 Å². The van der Waals surface area contributed by atoms with Crippen LogP contribution in [0.3, 0.4) is 0 Å². The monoisotopic (exact) mass is 848 g/mol. The first kappa shape index (κ1) is 41.8. The molecule has 6 fully saturated rings. The minimum atomic E-state index is -0.862. The Morgan fingerprint density at radius 3 is 2.43 bits per heavy atom. The number of rotatable bonds is 12. The van der Waals surface area contributed by atoms with Crippen LogP contribution in [-0.4, -0.2) is 111 Å². The summed E-state index contributed by atoms with van der Waals surface area (Å²) in [4.78, 5) is 21.5. The first-order valence-electron chi connectivity index (χ1n) is 22.2. The number of aliphatic hydroxyl groups excluding tert-OH is 1. The quantitative estimate of drug-likeness (QED) is 0.0715. The molecule has 4 aliphatic carbocycles. The number of dihydropyridines is 1. The number of ether oxygens (including phenoxy) is 1. The number of para-hydroxylation sites is 1. The Balaban J connectivity index is 0.884. The van der Waals surface area contributed by atoms with E-state index in [9.17, 15) is 15.6 Å². The Morgan fingerprint density at radius 2 is 1.75 bits per heavy atom. The van der Waals surface area contributed by atoms with Gasteiger partial charge in [0, 0.05) is 85.9 Å². The molecule has 2 saturated heterocycles. The molecule has 4 heterocycles. The smallest absolute Gasteiger partial charge is 0.299 e. The zero-order valence-electron chi connectivity index (χ0n) is 36.8. The lowest BCUT2D eigenvalue weighted by Crippen LogP contribution is -2.82. The van der Waals surface area contributed by atoms with Gasteiger partial charge in [0.15, 0.2) is 0 Å². The fourth-order valence-corrected chi connectivity index (χ4v) is 14.6. The van der Waals surface area contributed by atoms with Crippen LogP contribution in [0, 0.1) is 27.1 Å². The van der Waals surface area contributed by atoms with Crippen LogP contribution in [0.5, 0.6) is 0 Å². The molecule has 3 aliphatic heterocycles. The summed E-state index contributed by atoms with van der Waals surface area (Å²) in [6, 6.07) is 8.48. The van der Waals surface area contributed by atoms with Crippen molar-refractivity contribution in [3.05, 3.63) is 82.4 Å². The number of thiazole rings is 1. The van der Waals surface area contributed by atoms with Gasteiger partial charge in [-0.15, -0.1) is 0 Å². The van der Waals surface area contributed by atoms with Gasteiger partial charge in [0.05, 0.1) is 22.4 Å². The molecule has 4 saturated carbocycles. The lowest BCUT2D eigenvalue weighted by Gasteiger charge is -2.82. The highest BCUT2D eigenvalue weighted by molar-refractivity contribution is 7.22. The molecule has 2 atom stereocenters. The number of nitrogens with one attached hydrogen (secondary N) is 2. The maximum absolute atomic E-state index is 10.7. The predicted octanol–water partition coefficient (Wildman–Crippen LogP) is 7.41. The van der Waals surface area contributed by atoms with Gasteiger partial charge < -0.3 is 36.6 Å². The molecule has 1 aromatic carbocycles. The van der Waals surface area contributed by atoms with Crippen LogP contribution in [0.15, 0.2) is 92.4 Å². The minimum absolute atomic E-state index is 0.00608. The van der Waals surface area contributed by atoms with E-state index in [-0.39, 0.29) is 38.8 Å². The van der Waals surface area contributed by atoms with Crippen molar-refractivity contribution in [1.82, 2.24) is 25.0 Å². The van der Waals surface area contributed by atoms with E-state index in [0.29, 0.717) is 53.5 Å². The number of aliphatic hydroxyl groups is 2. The van der Waals surface area contributed by atoms with Gasteiger partial charge in [-0.25, -0.2) is 9.98 Å². The van der Waals surface area contributed by atoms with Crippen molar-refractivity contribution in [3.63, 3.8) is 0 Å². The van der Waals surface area contributed by atoms with Gasteiger partial charge in [-0.1, -0.05) is 37.3 Å². The van der Waals surface area contributed by atoms with Crippen LogP contribution in [0.4, 0.5) is 5.13 Å². The van der Waals surface area contributed by atoms with E-state index in [1.165, 1.54) is 17.5 Å². The number of aliphatic imine (C=N–C) groups is 2. The third-order valence-corrected chi connectivity index (χ3v) is 16.9. The van der Waals surface area contributed by atoms with Crippen molar-refractivity contribution in [1.29, 1.82) is 5.41 Å². The SMILES string of the molecule is CC(=NCC12CC3(C)CC4(OCCN5CCN(C(C)C)CC5)CC(C)(C1)C34C2)C(=CN)C1=CC=C(N2CCCC(=C(C)C(N)=Nc3nc4ccccc4s3)C2=N)NC1=C(O)O. The molecule has 1 aromatic heterocycles. The van der Waals surface area contributed by atoms with Crippen LogP contribution >= 0.6 is 11.3 Å². The van der Waals surface area contributed by atoms with Gasteiger partial charge in [-0.2, -0.15) is 0 Å². The molecule has 61 heavy (non-hydrogen) atoms. The summed E-state index contributed by atoms with van der Waals surface area (Å²) in [6.45, 7) is 21.1. The Morgan fingerprint density at radius 1 is 1.03 bits per heavy atom. The standard InChI is InChI=1S/C47H64N10O3S/c1-29(2)56-18-16-55(17-19-56)20-21-60-46-25-43(5)23-45(24-44(6,26-46)47(43,46)27-45)28-51-31(4)34(22-48)33-13-14-37(53-38(33)41(58)59)57-15-9-10-32(40(57)50)30(3)39(49)54-42-52-35-11-7-8-12-36(35)61-42/h7-8,11-14,22,29,50,53,58-59H,9-10,15-21,23-28,48H2,1-6H3,(H2,49,52,54). The summed E-state index contributed by atoms with van der Waals surface area (Å²) in [6.07, 6.45) is 12.4. The summed E-state index contributed by atoms with van der Waals surface area (Å²) in [5, 5.41) is 34.3. The molecular formula is C47H64N10O3S. The minimum Gasteiger partial charge on any atom is -0.480 e. The topological polar surface area (TPSA) is 185 Å². The van der Waals surface area contributed by atoms with E-state index in [1.54, 1.807) is 0 Å². The number of piperazine rings is 1.